The monoisotopic (exact) mass is 971 g/mol. The Bertz CT molecular complexity index is 3040. The SMILES string of the molecule is CC1(C)CCC(C)(C)c2c1ccc(-c1nc3c(-c4[c-]c(-c5cc(-c6ccccc6)ccn5)cc(-c5ccccc5)c4)cccc3n1-c1ccccc1-c1ccccc1)c2O.[Pt]. The molecule has 0 bridgehead atoms. The Labute approximate surface area is 372 Å². The summed E-state index contributed by atoms with van der Waals surface area (Å²) in [7, 11) is 0. The number of aromatic nitrogens is 3. The van der Waals surface area contributed by atoms with Crippen LogP contribution in [0.4, 0.5) is 0 Å². The first kappa shape index (κ1) is 40.1. The third kappa shape index (κ3) is 7.23. The van der Waals surface area contributed by atoms with Gasteiger partial charge in [-0.15, -0.1) is 23.8 Å². The predicted octanol–water partition coefficient (Wildman–Crippen LogP) is 14.3. The first-order valence-corrected chi connectivity index (χ1v) is 20.8. The zero-order valence-corrected chi connectivity index (χ0v) is 37.0. The number of nitrogens with zero attached hydrogens (tertiary/aromatic N) is 3. The number of phenols is 1. The van der Waals surface area contributed by atoms with Crippen LogP contribution in [-0.4, -0.2) is 19.6 Å². The predicted molar refractivity (Wildman–Crippen MR) is 247 cm³/mol. The molecule has 61 heavy (non-hydrogen) atoms. The van der Waals surface area contributed by atoms with Crippen molar-refractivity contribution in [1.82, 2.24) is 14.5 Å². The Morgan fingerprint density at radius 1 is 0.541 bits per heavy atom. The number of pyridine rings is 1. The van der Waals surface area contributed by atoms with Crippen molar-refractivity contribution in [2.24, 2.45) is 0 Å². The molecule has 1 aliphatic carbocycles. The first-order valence-electron chi connectivity index (χ1n) is 20.8. The molecule has 0 saturated carbocycles. The van der Waals surface area contributed by atoms with Gasteiger partial charge >= 0.3 is 0 Å². The van der Waals surface area contributed by atoms with Gasteiger partial charge in [-0.2, -0.15) is 0 Å². The number of aromatic hydroxyl groups is 1. The number of para-hydroxylation sites is 2. The average Bonchev–Trinajstić information content (AvgIpc) is 3.68. The molecule has 2 aromatic heterocycles. The third-order valence-corrected chi connectivity index (χ3v) is 12.5. The molecule has 0 amide bonds. The molecular weight excluding hydrogens is 926 g/mol. The number of fused-ring (bicyclic) bond motifs is 2. The average molecular weight is 972 g/mol. The zero-order chi connectivity index (χ0) is 41.0. The van der Waals surface area contributed by atoms with E-state index in [-0.39, 0.29) is 31.9 Å². The molecule has 0 aliphatic heterocycles. The van der Waals surface area contributed by atoms with E-state index in [4.69, 9.17) is 9.97 Å². The summed E-state index contributed by atoms with van der Waals surface area (Å²) in [6, 6.07) is 63.0. The van der Waals surface area contributed by atoms with Crippen molar-refractivity contribution in [3.63, 3.8) is 0 Å². The number of imidazole rings is 1. The summed E-state index contributed by atoms with van der Waals surface area (Å²) in [5.41, 5.74) is 15.6. The first-order chi connectivity index (χ1) is 29.2. The molecule has 302 valence electrons. The summed E-state index contributed by atoms with van der Waals surface area (Å²) in [4.78, 5) is 10.5. The fraction of sp³-hybridized carbons (Fsp3) is 0.143. The van der Waals surface area contributed by atoms with E-state index < -0.39 is 0 Å². The molecule has 9 aromatic rings. The molecule has 0 fully saturated rings. The van der Waals surface area contributed by atoms with E-state index >= 15 is 0 Å². The van der Waals surface area contributed by atoms with Crippen LogP contribution in [0.5, 0.6) is 5.75 Å². The molecule has 4 nitrogen and oxygen atoms in total. The topological polar surface area (TPSA) is 50.9 Å². The normalized spacial score (nSPS) is 14.0. The van der Waals surface area contributed by atoms with Gasteiger partial charge in [0.1, 0.15) is 11.6 Å². The smallest absolute Gasteiger partial charge is 0.148 e. The van der Waals surface area contributed by atoms with Crippen LogP contribution in [0.25, 0.3) is 83.9 Å². The Hall–Kier alpha value is -6.35. The van der Waals surface area contributed by atoms with Crippen LogP contribution in [0, 0.1) is 6.07 Å². The van der Waals surface area contributed by atoms with Crippen LogP contribution in [0.15, 0.2) is 176 Å². The van der Waals surface area contributed by atoms with Crippen molar-refractivity contribution in [2.45, 2.75) is 51.4 Å². The fourth-order valence-corrected chi connectivity index (χ4v) is 9.22. The minimum absolute atomic E-state index is 0. The van der Waals surface area contributed by atoms with Crippen molar-refractivity contribution < 1.29 is 26.2 Å². The van der Waals surface area contributed by atoms with Crippen molar-refractivity contribution in [3.8, 4) is 78.6 Å². The van der Waals surface area contributed by atoms with E-state index in [9.17, 15) is 5.11 Å². The Morgan fingerprint density at radius 3 is 1.87 bits per heavy atom. The van der Waals surface area contributed by atoms with Crippen molar-refractivity contribution in [1.29, 1.82) is 0 Å². The van der Waals surface area contributed by atoms with E-state index in [0.717, 1.165) is 90.9 Å². The van der Waals surface area contributed by atoms with Gasteiger partial charge in [0.15, 0.2) is 0 Å². The molecule has 2 heterocycles. The van der Waals surface area contributed by atoms with Gasteiger partial charge in [0.2, 0.25) is 0 Å². The second kappa shape index (κ2) is 15.9. The van der Waals surface area contributed by atoms with Crippen LogP contribution in [0.3, 0.4) is 0 Å². The van der Waals surface area contributed by atoms with Gasteiger partial charge in [0.05, 0.1) is 22.3 Å². The Kier molecular flexibility index (Phi) is 10.5. The van der Waals surface area contributed by atoms with Crippen LogP contribution in [-0.2, 0) is 31.9 Å². The molecule has 0 atom stereocenters. The number of benzene rings is 7. The maximum absolute atomic E-state index is 12.6. The second-order valence-corrected chi connectivity index (χ2v) is 17.3. The second-order valence-electron chi connectivity index (χ2n) is 17.3. The van der Waals surface area contributed by atoms with Crippen molar-refractivity contribution in [3.05, 3.63) is 193 Å². The molecule has 0 spiro atoms. The van der Waals surface area contributed by atoms with Gasteiger partial charge in [-0.1, -0.05) is 178 Å². The van der Waals surface area contributed by atoms with Gasteiger partial charge in [-0.3, -0.25) is 9.55 Å². The molecule has 1 aliphatic rings. The maximum atomic E-state index is 12.6. The van der Waals surface area contributed by atoms with E-state index in [2.05, 4.69) is 190 Å². The minimum Gasteiger partial charge on any atom is -0.507 e. The summed E-state index contributed by atoms with van der Waals surface area (Å²) < 4.78 is 2.25. The molecule has 0 saturated heterocycles. The number of hydrogen-bond donors (Lipinski definition) is 1. The van der Waals surface area contributed by atoms with Gasteiger partial charge in [0, 0.05) is 44.1 Å². The molecule has 5 heteroatoms. The van der Waals surface area contributed by atoms with Crippen LogP contribution in [0.2, 0.25) is 0 Å². The van der Waals surface area contributed by atoms with Crippen LogP contribution in [0.1, 0.15) is 51.7 Å². The molecule has 0 radical (unpaired) electrons. The summed E-state index contributed by atoms with van der Waals surface area (Å²) in [6.07, 6.45) is 3.93. The minimum atomic E-state index is -0.204. The van der Waals surface area contributed by atoms with Crippen molar-refractivity contribution in [2.75, 3.05) is 0 Å². The molecule has 7 aromatic carbocycles. The zero-order valence-electron chi connectivity index (χ0n) is 34.8. The Balaban J connectivity index is 0.00000476. The molecule has 0 unspecified atom stereocenters. The van der Waals surface area contributed by atoms with Crippen LogP contribution < -0.4 is 0 Å². The van der Waals surface area contributed by atoms with Gasteiger partial charge < -0.3 is 5.11 Å². The molecule has 1 N–H and O–H groups in total. The molecular formula is C56H46N3OPt-. The molecule has 10 rings (SSSR count). The van der Waals surface area contributed by atoms with Crippen LogP contribution >= 0.6 is 0 Å². The Morgan fingerprint density at radius 2 is 1.15 bits per heavy atom. The standard InChI is InChI=1S/C56H46N3O.Pt/c1-55(2)30-31-56(3,4)51-47(55)28-27-46(53(51)60)54-58-52-45(24-16-26-50(52)59(54)49-25-15-14-23-44(49)39-21-12-7-13-22-39)42-33-41(38-19-10-6-11-20-38)34-43(35-42)48-36-40(29-32-57-48)37-17-8-5-9-18-37;/h5-29,32-34,36,60H,30-31H2,1-4H3;/q-1;. The van der Waals surface area contributed by atoms with Gasteiger partial charge in [-0.25, -0.2) is 4.98 Å². The third-order valence-electron chi connectivity index (χ3n) is 12.5. The van der Waals surface area contributed by atoms with Crippen molar-refractivity contribution >= 4 is 11.0 Å². The largest absolute Gasteiger partial charge is 0.507 e. The quantitative estimate of drug-likeness (QED) is 0.162. The summed E-state index contributed by atoms with van der Waals surface area (Å²) >= 11 is 0. The van der Waals surface area contributed by atoms with Gasteiger partial charge in [-0.05, 0) is 75.8 Å². The maximum Gasteiger partial charge on any atom is 0.148 e. The summed E-state index contributed by atoms with van der Waals surface area (Å²) in [5.74, 6) is 1.00. The van der Waals surface area contributed by atoms with E-state index in [0.29, 0.717) is 17.1 Å². The number of hydrogen-bond acceptors (Lipinski definition) is 3. The number of phenolic OH excluding ortho intramolecular Hbond substituents is 1. The van der Waals surface area contributed by atoms with Gasteiger partial charge in [0.25, 0.3) is 0 Å². The summed E-state index contributed by atoms with van der Waals surface area (Å²) in [6.45, 7) is 9.10. The van der Waals surface area contributed by atoms with E-state index in [1.807, 2.05) is 24.4 Å². The van der Waals surface area contributed by atoms with E-state index in [1.165, 1.54) is 5.56 Å². The summed E-state index contributed by atoms with van der Waals surface area (Å²) in [5, 5.41) is 12.6. The van der Waals surface area contributed by atoms with E-state index in [1.54, 1.807) is 0 Å². The fourth-order valence-electron chi connectivity index (χ4n) is 9.22. The number of rotatable bonds is 7.